The minimum absolute atomic E-state index is 0.0761. The molecule has 24 heavy (non-hydrogen) atoms. The Morgan fingerprint density at radius 2 is 1.88 bits per heavy atom. The molecule has 0 aliphatic rings. The van der Waals surface area contributed by atoms with E-state index >= 15 is 0 Å². The predicted molar refractivity (Wildman–Crippen MR) is 91.8 cm³/mol. The molecular formula is C18H20N2O4. The van der Waals surface area contributed by atoms with E-state index in [0.717, 1.165) is 22.0 Å². The molecule has 0 aliphatic carbocycles. The van der Waals surface area contributed by atoms with E-state index in [-0.39, 0.29) is 17.0 Å². The number of nitrogens with one attached hydrogen (secondary N) is 2. The van der Waals surface area contributed by atoms with Crippen LogP contribution in [0.5, 0.6) is 0 Å². The molecule has 6 nitrogen and oxygen atoms in total. The number of aliphatic hydroxyl groups is 1. The van der Waals surface area contributed by atoms with E-state index in [9.17, 15) is 14.7 Å². The molecule has 126 valence electrons. The number of rotatable bonds is 5. The van der Waals surface area contributed by atoms with Gasteiger partial charge in [0.15, 0.2) is 5.78 Å². The minimum Gasteiger partial charge on any atom is -0.508 e. The number of benzene rings is 1. The van der Waals surface area contributed by atoms with E-state index in [0.29, 0.717) is 0 Å². The number of Topliss-reactive ketones (excluding diaryl/α,β-unsaturated/α-hetero) is 1. The lowest BCUT2D eigenvalue weighted by molar-refractivity contribution is -0.113. The van der Waals surface area contributed by atoms with Crippen molar-refractivity contribution in [2.45, 2.75) is 27.7 Å². The zero-order valence-corrected chi connectivity index (χ0v) is 14.1. The average Bonchev–Trinajstić information content (AvgIpc) is 2.88. The Balaban J connectivity index is 2.22. The summed E-state index contributed by atoms with van der Waals surface area (Å²) in [6.45, 7) is 6.10. The van der Waals surface area contributed by atoms with Crippen molar-refractivity contribution in [1.29, 1.82) is 5.41 Å². The summed E-state index contributed by atoms with van der Waals surface area (Å²) in [5.74, 6) is -1.51. The number of ketones is 1. The summed E-state index contributed by atoms with van der Waals surface area (Å²) in [6.07, 6.45) is 0. The van der Waals surface area contributed by atoms with Crippen LogP contribution in [0.3, 0.4) is 0 Å². The summed E-state index contributed by atoms with van der Waals surface area (Å²) < 4.78 is 5.04. The Labute approximate surface area is 139 Å². The molecular weight excluding hydrogens is 308 g/mol. The molecule has 3 N–H and O–H groups in total. The van der Waals surface area contributed by atoms with Gasteiger partial charge in [-0.2, -0.15) is 0 Å². The second kappa shape index (κ2) is 6.70. The topological polar surface area (TPSA) is 103 Å². The van der Waals surface area contributed by atoms with Crippen LogP contribution in [0.25, 0.3) is 10.9 Å². The Bertz CT molecular complexity index is 859. The van der Waals surface area contributed by atoms with Crippen molar-refractivity contribution in [3.63, 3.8) is 0 Å². The molecule has 1 aromatic carbocycles. The standard InChI is InChI=1S/C18H20N2O4/c1-9-5-10(2)13-7-15(20-14(13)6-9)18(23)24-8-16(22)17(11(3)19)12(4)21/h5-7,19-20,22H,8H2,1-4H3/b17-16-,19-11?. The summed E-state index contributed by atoms with van der Waals surface area (Å²) in [4.78, 5) is 26.6. The lowest BCUT2D eigenvalue weighted by atomic mass is 10.1. The van der Waals surface area contributed by atoms with Crippen molar-refractivity contribution in [3.8, 4) is 0 Å². The maximum absolute atomic E-state index is 12.2. The Kier molecular flexibility index (Phi) is 4.87. The number of hydrogen-bond donors (Lipinski definition) is 3. The SMILES string of the molecule is CC(=N)/C(C(C)=O)=C(/O)COC(=O)c1cc2c(C)cc(C)cc2[nH]1. The van der Waals surface area contributed by atoms with Crippen LogP contribution in [-0.2, 0) is 9.53 Å². The monoisotopic (exact) mass is 328 g/mol. The van der Waals surface area contributed by atoms with Gasteiger partial charge in [0.05, 0.1) is 5.57 Å². The van der Waals surface area contributed by atoms with Crippen LogP contribution < -0.4 is 0 Å². The highest BCUT2D eigenvalue weighted by molar-refractivity contribution is 6.20. The van der Waals surface area contributed by atoms with Crippen LogP contribution in [0.1, 0.15) is 35.5 Å². The fourth-order valence-electron chi connectivity index (χ4n) is 2.68. The van der Waals surface area contributed by atoms with Crippen LogP contribution in [-0.4, -0.2) is 34.2 Å². The zero-order valence-electron chi connectivity index (χ0n) is 14.1. The lowest BCUT2D eigenvalue weighted by Crippen LogP contribution is -2.15. The summed E-state index contributed by atoms with van der Waals surface area (Å²) in [5, 5.41) is 18.3. The summed E-state index contributed by atoms with van der Waals surface area (Å²) >= 11 is 0. The normalized spacial score (nSPS) is 12.0. The van der Waals surface area contributed by atoms with Gasteiger partial charge < -0.3 is 20.2 Å². The molecule has 2 aromatic rings. The first-order valence-corrected chi connectivity index (χ1v) is 7.46. The number of carbonyl (C=O) groups excluding carboxylic acids is 2. The van der Waals surface area contributed by atoms with Gasteiger partial charge in [0.1, 0.15) is 18.1 Å². The van der Waals surface area contributed by atoms with Crippen molar-refractivity contribution < 1.29 is 19.4 Å². The van der Waals surface area contributed by atoms with Crippen LogP contribution >= 0.6 is 0 Å². The van der Waals surface area contributed by atoms with Gasteiger partial charge >= 0.3 is 5.97 Å². The van der Waals surface area contributed by atoms with Gasteiger partial charge in [-0.3, -0.25) is 4.79 Å². The highest BCUT2D eigenvalue weighted by Gasteiger charge is 2.17. The fourth-order valence-corrected chi connectivity index (χ4v) is 2.68. The third-order valence-corrected chi connectivity index (χ3v) is 3.66. The summed E-state index contributed by atoms with van der Waals surface area (Å²) in [6, 6.07) is 5.65. The van der Waals surface area contributed by atoms with Crippen LogP contribution in [0.2, 0.25) is 0 Å². The first kappa shape index (κ1) is 17.5. The minimum atomic E-state index is -0.639. The number of ether oxygens (including phenoxy) is 1. The number of carbonyl (C=O) groups is 2. The molecule has 0 spiro atoms. The van der Waals surface area contributed by atoms with Crippen molar-refractivity contribution in [2.24, 2.45) is 0 Å². The molecule has 1 aromatic heterocycles. The van der Waals surface area contributed by atoms with E-state index in [1.165, 1.54) is 13.8 Å². The van der Waals surface area contributed by atoms with Gasteiger partial charge in [-0.15, -0.1) is 0 Å². The van der Waals surface area contributed by atoms with Gasteiger partial charge in [-0.05, 0) is 51.0 Å². The van der Waals surface area contributed by atoms with E-state index in [2.05, 4.69) is 4.98 Å². The zero-order chi connectivity index (χ0) is 18.0. The van der Waals surface area contributed by atoms with E-state index in [4.69, 9.17) is 10.1 Å². The fraction of sp³-hybridized carbons (Fsp3) is 0.278. The van der Waals surface area contributed by atoms with Gasteiger partial charge in [0.25, 0.3) is 0 Å². The molecule has 0 saturated heterocycles. The number of esters is 1. The number of aromatic amines is 1. The van der Waals surface area contributed by atoms with Crippen LogP contribution in [0.4, 0.5) is 0 Å². The lowest BCUT2D eigenvalue weighted by Gasteiger charge is -2.07. The summed E-state index contributed by atoms with van der Waals surface area (Å²) in [7, 11) is 0. The van der Waals surface area contributed by atoms with Crippen molar-refractivity contribution in [2.75, 3.05) is 6.61 Å². The van der Waals surface area contributed by atoms with Gasteiger partial charge in [0, 0.05) is 16.6 Å². The van der Waals surface area contributed by atoms with Gasteiger partial charge in [0.2, 0.25) is 0 Å². The highest BCUT2D eigenvalue weighted by Crippen LogP contribution is 2.22. The maximum Gasteiger partial charge on any atom is 0.355 e. The second-order valence-corrected chi connectivity index (χ2v) is 5.81. The molecule has 0 saturated carbocycles. The predicted octanol–water partition coefficient (Wildman–Crippen LogP) is 3.38. The van der Waals surface area contributed by atoms with E-state index < -0.39 is 24.1 Å². The molecule has 1 heterocycles. The third kappa shape index (κ3) is 3.53. The number of aryl methyl sites for hydroxylation is 2. The Morgan fingerprint density at radius 3 is 2.46 bits per heavy atom. The summed E-state index contributed by atoms with van der Waals surface area (Å²) in [5.41, 5.74) is 3.01. The van der Waals surface area contributed by atoms with Crippen molar-refractivity contribution in [1.82, 2.24) is 4.98 Å². The van der Waals surface area contributed by atoms with Crippen LogP contribution in [0.15, 0.2) is 29.5 Å². The Hall–Kier alpha value is -2.89. The number of hydrogen-bond acceptors (Lipinski definition) is 5. The first-order chi connectivity index (χ1) is 11.2. The van der Waals surface area contributed by atoms with Crippen LogP contribution in [0, 0.1) is 19.3 Å². The molecule has 0 bridgehead atoms. The molecule has 0 unspecified atom stereocenters. The quantitative estimate of drug-likeness (QED) is 0.339. The van der Waals surface area contributed by atoms with Crippen molar-refractivity contribution in [3.05, 3.63) is 46.4 Å². The molecule has 0 radical (unpaired) electrons. The molecule has 2 rings (SSSR count). The average molecular weight is 328 g/mol. The molecule has 0 amide bonds. The van der Waals surface area contributed by atoms with Gasteiger partial charge in [-0.1, -0.05) is 6.07 Å². The number of aliphatic hydroxyl groups excluding tert-OH is 1. The number of fused-ring (bicyclic) bond motifs is 1. The number of H-pyrrole nitrogens is 1. The third-order valence-electron chi connectivity index (χ3n) is 3.66. The largest absolute Gasteiger partial charge is 0.508 e. The molecule has 0 aliphatic heterocycles. The van der Waals surface area contributed by atoms with E-state index in [1.54, 1.807) is 6.07 Å². The Morgan fingerprint density at radius 1 is 1.21 bits per heavy atom. The van der Waals surface area contributed by atoms with Crippen molar-refractivity contribution >= 4 is 28.4 Å². The number of aromatic nitrogens is 1. The second-order valence-electron chi connectivity index (χ2n) is 5.81. The maximum atomic E-state index is 12.2. The van der Waals surface area contributed by atoms with Gasteiger partial charge in [-0.25, -0.2) is 4.79 Å². The first-order valence-electron chi connectivity index (χ1n) is 7.46. The molecule has 0 fully saturated rings. The molecule has 6 heteroatoms. The van der Waals surface area contributed by atoms with E-state index in [1.807, 2.05) is 26.0 Å². The smallest absolute Gasteiger partial charge is 0.355 e. The molecule has 0 atom stereocenters. The number of allylic oxidation sites excluding steroid dienone is 1. The highest BCUT2D eigenvalue weighted by atomic mass is 16.5.